The average Bonchev–Trinajstić information content (AvgIpc) is 3.10. The van der Waals surface area contributed by atoms with E-state index in [9.17, 15) is 4.79 Å². The number of nitrogens with zero attached hydrogens (tertiary/aromatic N) is 2. The molecule has 1 fully saturated rings. The van der Waals surface area contributed by atoms with Crippen molar-refractivity contribution in [1.82, 2.24) is 9.80 Å². The van der Waals surface area contributed by atoms with E-state index >= 15 is 0 Å². The van der Waals surface area contributed by atoms with Crippen molar-refractivity contribution in [3.05, 3.63) is 65.2 Å². The van der Waals surface area contributed by atoms with Crippen molar-refractivity contribution < 1.29 is 4.79 Å². The van der Waals surface area contributed by atoms with E-state index in [1.807, 2.05) is 56.6 Å². The third-order valence-electron chi connectivity index (χ3n) is 4.57. The zero-order valence-corrected chi connectivity index (χ0v) is 15.2. The van der Waals surface area contributed by atoms with Gasteiger partial charge < -0.3 is 10.2 Å². The van der Waals surface area contributed by atoms with Gasteiger partial charge in [0.05, 0.1) is 0 Å². The van der Waals surface area contributed by atoms with Crippen LogP contribution in [0.4, 0.5) is 5.69 Å². The molecular weight excluding hydrogens is 310 g/mol. The van der Waals surface area contributed by atoms with E-state index in [1.54, 1.807) is 0 Å². The average molecular weight is 337 g/mol. The Hall–Kier alpha value is -2.17. The molecule has 4 nitrogen and oxygen atoms in total. The van der Waals surface area contributed by atoms with Crippen LogP contribution in [0.25, 0.3) is 0 Å². The number of anilines is 1. The molecule has 1 aliphatic heterocycles. The van der Waals surface area contributed by atoms with Crippen LogP contribution < -0.4 is 5.32 Å². The summed E-state index contributed by atoms with van der Waals surface area (Å²) in [4.78, 5) is 17.2. The van der Waals surface area contributed by atoms with Gasteiger partial charge in [-0.3, -0.25) is 9.69 Å². The maximum absolute atomic E-state index is 12.6. The van der Waals surface area contributed by atoms with Crippen LogP contribution >= 0.6 is 0 Å². The number of likely N-dealkylation sites (tertiary alicyclic amines) is 1. The Balaban J connectivity index is 1.68. The van der Waals surface area contributed by atoms with E-state index in [0.29, 0.717) is 5.56 Å². The molecule has 0 radical (unpaired) electrons. The van der Waals surface area contributed by atoms with Crippen LogP contribution in [-0.4, -0.2) is 42.9 Å². The van der Waals surface area contributed by atoms with E-state index in [4.69, 9.17) is 0 Å². The lowest BCUT2D eigenvalue weighted by molar-refractivity contribution is 0.102. The molecule has 2 aromatic rings. The van der Waals surface area contributed by atoms with Crippen LogP contribution in [-0.2, 0) is 13.1 Å². The van der Waals surface area contributed by atoms with Crippen LogP contribution in [0.15, 0.2) is 48.5 Å². The Labute approximate surface area is 150 Å². The third kappa shape index (κ3) is 4.91. The van der Waals surface area contributed by atoms with Crippen molar-refractivity contribution in [2.45, 2.75) is 25.9 Å². The minimum atomic E-state index is -0.0507. The van der Waals surface area contributed by atoms with Gasteiger partial charge in [0, 0.05) is 24.3 Å². The normalized spacial score (nSPS) is 14.8. The van der Waals surface area contributed by atoms with Crippen LogP contribution in [0.2, 0.25) is 0 Å². The molecule has 0 aromatic heterocycles. The molecule has 0 aliphatic carbocycles. The standard InChI is InChI=1S/C21H27N3O/c1-23(2)15-17-9-11-18(12-10-17)21(25)22-20-8-4-3-7-19(20)16-24-13-5-6-14-24/h3-4,7-12H,5-6,13-16H2,1-2H3,(H,22,25). The lowest BCUT2D eigenvalue weighted by Gasteiger charge is -2.18. The van der Waals surface area contributed by atoms with E-state index in [1.165, 1.54) is 24.0 Å². The fraction of sp³-hybridized carbons (Fsp3) is 0.381. The van der Waals surface area contributed by atoms with E-state index in [0.717, 1.165) is 31.9 Å². The summed E-state index contributed by atoms with van der Waals surface area (Å²) in [6, 6.07) is 15.9. The molecule has 0 atom stereocenters. The van der Waals surface area contributed by atoms with Crippen LogP contribution in [0, 0.1) is 0 Å². The third-order valence-corrected chi connectivity index (χ3v) is 4.57. The molecule has 1 N–H and O–H groups in total. The topological polar surface area (TPSA) is 35.6 Å². The van der Waals surface area contributed by atoms with E-state index in [-0.39, 0.29) is 5.91 Å². The summed E-state index contributed by atoms with van der Waals surface area (Å²) in [6.07, 6.45) is 2.54. The van der Waals surface area contributed by atoms with Gasteiger partial charge in [-0.2, -0.15) is 0 Å². The van der Waals surface area contributed by atoms with Crippen LogP contribution in [0.3, 0.4) is 0 Å². The number of carbonyl (C=O) groups excluding carboxylic acids is 1. The number of amides is 1. The lowest BCUT2D eigenvalue weighted by Crippen LogP contribution is -2.20. The van der Waals surface area contributed by atoms with Crippen molar-refractivity contribution in [3.63, 3.8) is 0 Å². The first-order valence-corrected chi connectivity index (χ1v) is 8.97. The van der Waals surface area contributed by atoms with Gasteiger partial charge in [-0.25, -0.2) is 0 Å². The number of benzene rings is 2. The number of rotatable bonds is 6. The van der Waals surface area contributed by atoms with Crippen molar-refractivity contribution in [2.75, 3.05) is 32.5 Å². The summed E-state index contributed by atoms with van der Waals surface area (Å²) in [7, 11) is 4.08. The van der Waals surface area contributed by atoms with Gasteiger partial charge in [-0.15, -0.1) is 0 Å². The summed E-state index contributed by atoms with van der Waals surface area (Å²) in [5.41, 5.74) is 3.99. The van der Waals surface area contributed by atoms with Gasteiger partial charge in [0.15, 0.2) is 0 Å². The summed E-state index contributed by atoms with van der Waals surface area (Å²) >= 11 is 0. The first-order valence-electron chi connectivity index (χ1n) is 8.97. The summed E-state index contributed by atoms with van der Waals surface area (Å²) < 4.78 is 0. The minimum absolute atomic E-state index is 0.0507. The fourth-order valence-electron chi connectivity index (χ4n) is 3.28. The highest BCUT2D eigenvalue weighted by atomic mass is 16.1. The smallest absolute Gasteiger partial charge is 0.255 e. The van der Waals surface area contributed by atoms with E-state index in [2.05, 4.69) is 21.2 Å². The van der Waals surface area contributed by atoms with Gasteiger partial charge in [-0.1, -0.05) is 30.3 Å². The molecular formula is C21H27N3O. The quantitative estimate of drug-likeness (QED) is 0.875. The van der Waals surface area contributed by atoms with Gasteiger partial charge >= 0.3 is 0 Å². The van der Waals surface area contributed by atoms with Crippen LogP contribution in [0.5, 0.6) is 0 Å². The van der Waals surface area contributed by atoms with Crippen molar-refractivity contribution in [2.24, 2.45) is 0 Å². The van der Waals surface area contributed by atoms with Gasteiger partial charge in [0.2, 0.25) is 0 Å². The zero-order chi connectivity index (χ0) is 17.6. The number of hydrogen-bond acceptors (Lipinski definition) is 3. The minimum Gasteiger partial charge on any atom is -0.322 e. The van der Waals surface area contributed by atoms with Gasteiger partial charge in [0.25, 0.3) is 5.91 Å². The Bertz CT molecular complexity index is 703. The largest absolute Gasteiger partial charge is 0.322 e. The Morgan fingerprint density at radius 1 is 1.04 bits per heavy atom. The first-order chi connectivity index (χ1) is 12.1. The molecule has 25 heavy (non-hydrogen) atoms. The molecule has 1 amide bonds. The SMILES string of the molecule is CN(C)Cc1ccc(C(=O)Nc2ccccc2CN2CCCC2)cc1. The zero-order valence-electron chi connectivity index (χ0n) is 15.2. The molecule has 4 heteroatoms. The molecule has 1 saturated heterocycles. The predicted octanol–water partition coefficient (Wildman–Crippen LogP) is 3.60. The molecule has 0 bridgehead atoms. The monoisotopic (exact) mass is 337 g/mol. The van der Waals surface area contributed by atoms with Crippen molar-refractivity contribution >= 4 is 11.6 Å². The maximum atomic E-state index is 12.6. The molecule has 1 heterocycles. The van der Waals surface area contributed by atoms with Crippen LogP contribution in [0.1, 0.15) is 34.3 Å². The number of carbonyl (C=O) groups is 1. The lowest BCUT2D eigenvalue weighted by atomic mass is 10.1. The first kappa shape index (κ1) is 17.6. The number of nitrogens with one attached hydrogen (secondary N) is 1. The van der Waals surface area contributed by atoms with Crippen molar-refractivity contribution in [3.8, 4) is 0 Å². The fourth-order valence-corrected chi connectivity index (χ4v) is 3.28. The summed E-state index contributed by atoms with van der Waals surface area (Å²) in [5.74, 6) is -0.0507. The van der Waals surface area contributed by atoms with Crippen molar-refractivity contribution in [1.29, 1.82) is 0 Å². The molecule has 1 aliphatic rings. The molecule has 0 saturated carbocycles. The highest BCUT2D eigenvalue weighted by molar-refractivity contribution is 6.04. The number of hydrogen-bond donors (Lipinski definition) is 1. The highest BCUT2D eigenvalue weighted by Gasteiger charge is 2.15. The Morgan fingerprint density at radius 2 is 1.72 bits per heavy atom. The van der Waals surface area contributed by atoms with Gasteiger partial charge in [-0.05, 0) is 69.4 Å². The second kappa shape index (κ2) is 8.28. The Morgan fingerprint density at radius 3 is 2.40 bits per heavy atom. The molecule has 0 unspecified atom stereocenters. The summed E-state index contributed by atoms with van der Waals surface area (Å²) in [5, 5.41) is 3.08. The maximum Gasteiger partial charge on any atom is 0.255 e. The molecule has 0 spiro atoms. The Kier molecular flexibility index (Phi) is 5.84. The highest BCUT2D eigenvalue weighted by Crippen LogP contribution is 2.20. The molecule has 3 rings (SSSR count). The van der Waals surface area contributed by atoms with E-state index < -0.39 is 0 Å². The number of para-hydroxylation sites is 1. The van der Waals surface area contributed by atoms with Gasteiger partial charge in [0.1, 0.15) is 0 Å². The molecule has 132 valence electrons. The predicted molar refractivity (Wildman–Crippen MR) is 103 cm³/mol. The summed E-state index contributed by atoms with van der Waals surface area (Å²) in [6.45, 7) is 4.07. The molecule has 2 aromatic carbocycles. The second-order valence-corrected chi connectivity index (χ2v) is 7.03. The second-order valence-electron chi connectivity index (χ2n) is 7.03.